The van der Waals surface area contributed by atoms with Gasteiger partial charge in [0.2, 0.25) is 5.91 Å². The molecule has 134 valence electrons. The van der Waals surface area contributed by atoms with Gasteiger partial charge in [-0.2, -0.15) is 0 Å². The number of halogens is 1. The van der Waals surface area contributed by atoms with E-state index in [0.717, 1.165) is 10.7 Å². The second-order valence-corrected chi connectivity index (χ2v) is 6.76. The van der Waals surface area contributed by atoms with Crippen LogP contribution < -0.4 is 16.0 Å². The minimum atomic E-state index is -0.521. The van der Waals surface area contributed by atoms with Crippen molar-refractivity contribution in [3.05, 3.63) is 46.4 Å². The number of thiazole rings is 1. The Balaban J connectivity index is 0.00000225. The number of para-hydroxylation sites is 1. The minimum absolute atomic E-state index is 0. The third kappa shape index (κ3) is 4.18. The van der Waals surface area contributed by atoms with Crippen molar-refractivity contribution in [2.24, 2.45) is 5.73 Å². The first kappa shape index (κ1) is 19.4. The molecule has 1 aromatic heterocycles. The van der Waals surface area contributed by atoms with E-state index in [9.17, 15) is 9.59 Å². The van der Waals surface area contributed by atoms with Crippen molar-refractivity contribution < 1.29 is 9.59 Å². The molecule has 3 N–H and O–H groups in total. The van der Waals surface area contributed by atoms with Crippen LogP contribution in [0.2, 0.25) is 0 Å². The topological polar surface area (TPSA) is 88.3 Å². The minimum Gasteiger partial charge on any atom is -0.339 e. The van der Waals surface area contributed by atoms with Crippen LogP contribution in [0.25, 0.3) is 0 Å². The molecule has 2 aromatic rings. The van der Waals surface area contributed by atoms with Gasteiger partial charge in [-0.1, -0.05) is 18.2 Å². The van der Waals surface area contributed by atoms with Gasteiger partial charge in [0.25, 0.3) is 5.91 Å². The monoisotopic (exact) mass is 380 g/mol. The highest BCUT2D eigenvalue weighted by molar-refractivity contribution is 7.09. The van der Waals surface area contributed by atoms with Crippen LogP contribution in [0.1, 0.15) is 28.8 Å². The van der Waals surface area contributed by atoms with Gasteiger partial charge in [0.05, 0.1) is 5.01 Å². The van der Waals surface area contributed by atoms with Crippen LogP contribution in [0.15, 0.2) is 35.7 Å². The summed E-state index contributed by atoms with van der Waals surface area (Å²) in [5.41, 5.74) is 6.70. The molecule has 0 spiro atoms. The third-order valence-corrected chi connectivity index (χ3v) is 4.94. The number of nitrogens with zero attached hydrogens (tertiary/aromatic N) is 2. The van der Waals surface area contributed by atoms with Gasteiger partial charge in [-0.3, -0.25) is 9.59 Å². The van der Waals surface area contributed by atoms with E-state index in [2.05, 4.69) is 10.3 Å². The zero-order valence-corrected chi connectivity index (χ0v) is 15.5. The molecule has 25 heavy (non-hydrogen) atoms. The molecule has 2 unspecified atom stereocenters. The summed E-state index contributed by atoms with van der Waals surface area (Å²) in [6.45, 7) is 2.48. The van der Waals surface area contributed by atoms with E-state index >= 15 is 0 Å². The van der Waals surface area contributed by atoms with Crippen molar-refractivity contribution in [2.75, 3.05) is 11.4 Å². The van der Waals surface area contributed by atoms with Crippen molar-refractivity contribution >= 4 is 41.2 Å². The van der Waals surface area contributed by atoms with E-state index in [0.29, 0.717) is 25.1 Å². The van der Waals surface area contributed by atoms with Gasteiger partial charge in [-0.05, 0) is 32.0 Å². The molecule has 3 rings (SSSR count). The molecule has 1 fully saturated rings. The Morgan fingerprint density at radius 1 is 1.40 bits per heavy atom. The van der Waals surface area contributed by atoms with E-state index in [1.54, 1.807) is 10.3 Å². The lowest BCUT2D eigenvalue weighted by Crippen LogP contribution is -2.42. The number of anilines is 1. The molecular weight excluding hydrogens is 360 g/mol. The fourth-order valence-electron chi connectivity index (χ4n) is 2.91. The van der Waals surface area contributed by atoms with Gasteiger partial charge in [0, 0.05) is 23.5 Å². The highest BCUT2D eigenvalue weighted by atomic mass is 35.5. The fraction of sp³-hybridized carbons (Fsp3) is 0.353. The summed E-state index contributed by atoms with van der Waals surface area (Å²) in [5.74, 6) is -0.394. The molecule has 6 nitrogen and oxygen atoms in total. The molecule has 0 saturated carbocycles. The summed E-state index contributed by atoms with van der Waals surface area (Å²) >= 11 is 1.41. The zero-order valence-electron chi connectivity index (χ0n) is 13.8. The maximum atomic E-state index is 12.7. The molecule has 0 radical (unpaired) electrons. The Labute approximate surface area is 156 Å². The first-order valence-electron chi connectivity index (χ1n) is 7.93. The van der Waals surface area contributed by atoms with E-state index in [1.165, 1.54) is 11.3 Å². The summed E-state index contributed by atoms with van der Waals surface area (Å²) in [7, 11) is 0. The van der Waals surface area contributed by atoms with Gasteiger partial charge in [0.1, 0.15) is 11.7 Å². The third-order valence-electron chi connectivity index (χ3n) is 4.04. The maximum Gasteiger partial charge on any atom is 0.271 e. The molecule has 1 saturated heterocycles. The van der Waals surface area contributed by atoms with E-state index < -0.39 is 6.04 Å². The summed E-state index contributed by atoms with van der Waals surface area (Å²) in [6, 6.07) is 9.02. The first-order valence-corrected chi connectivity index (χ1v) is 8.81. The molecule has 2 amide bonds. The quantitative estimate of drug-likeness (QED) is 0.830. The van der Waals surface area contributed by atoms with E-state index in [-0.39, 0.29) is 30.3 Å². The number of carbonyl (C=O) groups is 2. The first-order chi connectivity index (χ1) is 11.6. The highest BCUT2D eigenvalue weighted by Crippen LogP contribution is 2.26. The highest BCUT2D eigenvalue weighted by Gasteiger charge is 2.39. The number of benzene rings is 1. The van der Waals surface area contributed by atoms with Crippen molar-refractivity contribution in [2.45, 2.75) is 31.8 Å². The number of aromatic nitrogens is 1. The van der Waals surface area contributed by atoms with Crippen LogP contribution in [0.4, 0.5) is 5.69 Å². The van der Waals surface area contributed by atoms with Crippen LogP contribution in [0.5, 0.6) is 0 Å². The zero-order chi connectivity index (χ0) is 17.1. The molecular formula is C17H21ClN4O2S. The van der Waals surface area contributed by atoms with Crippen molar-refractivity contribution in [1.29, 1.82) is 0 Å². The predicted molar refractivity (Wildman–Crippen MR) is 101 cm³/mol. The van der Waals surface area contributed by atoms with Crippen molar-refractivity contribution in [1.82, 2.24) is 10.3 Å². The number of hydrogen-bond acceptors (Lipinski definition) is 5. The van der Waals surface area contributed by atoms with Crippen molar-refractivity contribution in [3.63, 3.8) is 0 Å². The second-order valence-electron chi connectivity index (χ2n) is 5.82. The van der Waals surface area contributed by atoms with Gasteiger partial charge in [-0.15, -0.1) is 23.7 Å². The van der Waals surface area contributed by atoms with Gasteiger partial charge in [-0.25, -0.2) is 4.98 Å². The fourth-order valence-corrected chi connectivity index (χ4v) is 3.70. The lowest BCUT2D eigenvalue weighted by molar-refractivity contribution is -0.118. The Morgan fingerprint density at radius 2 is 2.12 bits per heavy atom. The van der Waals surface area contributed by atoms with Crippen LogP contribution in [0.3, 0.4) is 0 Å². The Bertz CT molecular complexity index is 737. The molecule has 1 aliphatic rings. The normalized spacial score (nSPS) is 19.6. The summed E-state index contributed by atoms with van der Waals surface area (Å²) in [5, 5.41) is 5.35. The number of rotatable bonds is 5. The van der Waals surface area contributed by atoms with Crippen molar-refractivity contribution in [3.8, 4) is 0 Å². The lowest BCUT2D eigenvalue weighted by Gasteiger charge is -2.21. The number of nitrogens with one attached hydrogen (secondary N) is 1. The van der Waals surface area contributed by atoms with Crippen LogP contribution in [0, 0.1) is 0 Å². The van der Waals surface area contributed by atoms with Gasteiger partial charge in [0.15, 0.2) is 0 Å². The van der Waals surface area contributed by atoms with Gasteiger partial charge < -0.3 is 16.0 Å². The average Bonchev–Trinajstić information content (AvgIpc) is 3.14. The summed E-state index contributed by atoms with van der Waals surface area (Å²) in [6.07, 6.45) is 1.23. The predicted octanol–water partition coefficient (Wildman–Crippen LogP) is 1.99. The Kier molecular flexibility index (Phi) is 6.52. The van der Waals surface area contributed by atoms with Crippen LogP contribution in [-0.2, 0) is 11.2 Å². The van der Waals surface area contributed by atoms with Gasteiger partial charge >= 0.3 is 0 Å². The number of carbonyl (C=O) groups excluding carboxylic acids is 2. The molecule has 1 aliphatic heterocycles. The lowest BCUT2D eigenvalue weighted by atomic mass is 10.2. The largest absolute Gasteiger partial charge is 0.339 e. The van der Waals surface area contributed by atoms with E-state index in [4.69, 9.17) is 5.73 Å². The second kappa shape index (κ2) is 8.42. The standard InChI is InChI=1S/C17H20N4O2S.ClH/c1-11-9-13(17(23)21(11)12-5-3-2-4-6-12)20-16(22)14-10-24-15(19-14)7-8-18;/h2-6,10-11,13H,7-9,18H2,1H3,(H,20,22);1H. The number of nitrogens with two attached hydrogens (primary N) is 1. The molecule has 0 bridgehead atoms. The molecule has 1 aromatic carbocycles. The average molecular weight is 381 g/mol. The summed E-state index contributed by atoms with van der Waals surface area (Å²) in [4.78, 5) is 31.0. The Morgan fingerprint density at radius 3 is 2.80 bits per heavy atom. The molecule has 2 atom stereocenters. The maximum absolute atomic E-state index is 12.7. The smallest absolute Gasteiger partial charge is 0.271 e. The molecule has 8 heteroatoms. The number of hydrogen-bond donors (Lipinski definition) is 2. The Hall–Kier alpha value is -1.96. The molecule has 0 aliphatic carbocycles. The number of amides is 2. The van der Waals surface area contributed by atoms with Crippen LogP contribution >= 0.6 is 23.7 Å². The summed E-state index contributed by atoms with van der Waals surface area (Å²) < 4.78 is 0. The van der Waals surface area contributed by atoms with E-state index in [1.807, 2.05) is 37.3 Å². The van der Waals surface area contributed by atoms with Crippen LogP contribution in [-0.4, -0.2) is 35.4 Å². The SMILES string of the molecule is CC1CC(NC(=O)c2csc(CCN)n2)C(=O)N1c1ccccc1.Cl. The molecule has 2 heterocycles.